The molecular formula is C12H21NO6S. The number of hydrogen-bond acceptors (Lipinski definition) is 5. The summed E-state index contributed by atoms with van der Waals surface area (Å²) in [7, 11) is -2.29. The molecule has 0 aliphatic carbocycles. The summed E-state index contributed by atoms with van der Waals surface area (Å²) >= 11 is 0. The molecule has 0 spiro atoms. The third-order valence-electron chi connectivity index (χ3n) is 3.62. The SMILES string of the molecule is COC(=O)CCCS(=O)(=O)N1CCC[C@H](C(=O)O)[C@@H]1C. The highest BCUT2D eigenvalue weighted by atomic mass is 32.2. The van der Waals surface area contributed by atoms with Gasteiger partial charge in [0.15, 0.2) is 0 Å². The number of piperidine rings is 1. The van der Waals surface area contributed by atoms with E-state index in [1.807, 2.05) is 0 Å². The highest BCUT2D eigenvalue weighted by Gasteiger charge is 2.38. The van der Waals surface area contributed by atoms with Gasteiger partial charge in [-0.2, -0.15) is 4.31 Å². The first-order valence-corrected chi connectivity index (χ1v) is 8.19. The van der Waals surface area contributed by atoms with Gasteiger partial charge in [0, 0.05) is 19.0 Å². The summed E-state index contributed by atoms with van der Waals surface area (Å²) in [6, 6.07) is -0.552. The van der Waals surface area contributed by atoms with Gasteiger partial charge in [-0.3, -0.25) is 9.59 Å². The molecule has 7 nitrogen and oxygen atoms in total. The van der Waals surface area contributed by atoms with Crippen LogP contribution in [-0.2, 0) is 24.3 Å². The van der Waals surface area contributed by atoms with Crippen LogP contribution in [0.15, 0.2) is 0 Å². The van der Waals surface area contributed by atoms with Crippen LogP contribution in [0.2, 0.25) is 0 Å². The summed E-state index contributed by atoms with van der Waals surface area (Å²) in [6.45, 7) is 1.96. The Labute approximate surface area is 118 Å². The molecule has 8 heteroatoms. The summed E-state index contributed by atoms with van der Waals surface area (Å²) in [5.41, 5.74) is 0. The highest BCUT2D eigenvalue weighted by Crippen LogP contribution is 2.26. The van der Waals surface area contributed by atoms with Crippen LogP contribution in [0.25, 0.3) is 0 Å². The lowest BCUT2D eigenvalue weighted by atomic mass is 9.92. The van der Waals surface area contributed by atoms with Crippen molar-refractivity contribution >= 4 is 22.0 Å². The van der Waals surface area contributed by atoms with Crippen LogP contribution in [0.4, 0.5) is 0 Å². The molecule has 1 rings (SSSR count). The Morgan fingerprint density at radius 3 is 2.60 bits per heavy atom. The number of esters is 1. The summed E-state index contributed by atoms with van der Waals surface area (Å²) in [5.74, 6) is -2.25. The molecule has 1 N–H and O–H groups in total. The van der Waals surface area contributed by atoms with Gasteiger partial charge in [-0.1, -0.05) is 0 Å². The standard InChI is InChI=1S/C12H21NO6S/c1-9-10(12(15)16)5-3-7-13(9)20(17,18)8-4-6-11(14)19-2/h9-10H,3-8H2,1-2H3,(H,15,16)/t9-,10-/m0/s1. The minimum atomic E-state index is -3.54. The lowest BCUT2D eigenvalue weighted by molar-refractivity contribution is -0.144. The van der Waals surface area contributed by atoms with Gasteiger partial charge < -0.3 is 9.84 Å². The van der Waals surface area contributed by atoms with E-state index in [-0.39, 0.29) is 18.6 Å². The van der Waals surface area contributed by atoms with Crippen molar-refractivity contribution in [3.63, 3.8) is 0 Å². The lowest BCUT2D eigenvalue weighted by Gasteiger charge is -2.36. The molecule has 1 heterocycles. The molecule has 1 aliphatic heterocycles. The van der Waals surface area contributed by atoms with Gasteiger partial charge in [0.05, 0.1) is 18.8 Å². The first-order chi connectivity index (χ1) is 9.29. The van der Waals surface area contributed by atoms with Crippen molar-refractivity contribution in [2.75, 3.05) is 19.4 Å². The molecule has 1 saturated heterocycles. The second-order valence-corrected chi connectivity index (χ2v) is 6.98. The minimum Gasteiger partial charge on any atom is -0.481 e. The van der Waals surface area contributed by atoms with Gasteiger partial charge >= 0.3 is 11.9 Å². The van der Waals surface area contributed by atoms with Crippen LogP contribution in [0, 0.1) is 5.92 Å². The van der Waals surface area contributed by atoms with E-state index < -0.39 is 33.9 Å². The van der Waals surface area contributed by atoms with Gasteiger partial charge in [0.2, 0.25) is 10.0 Å². The van der Waals surface area contributed by atoms with Crippen molar-refractivity contribution in [1.29, 1.82) is 0 Å². The Balaban J connectivity index is 2.66. The van der Waals surface area contributed by atoms with Crippen LogP contribution >= 0.6 is 0 Å². The molecule has 0 aromatic heterocycles. The van der Waals surface area contributed by atoms with Crippen LogP contribution in [0.1, 0.15) is 32.6 Å². The quantitative estimate of drug-likeness (QED) is 0.715. The van der Waals surface area contributed by atoms with Gasteiger partial charge in [0.1, 0.15) is 0 Å². The fraction of sp³-hybridized carbons (Fsp3) is 0.833. The minimum absolute atomic E-state index is 0.0420. The predicted octanol–water partition coefficient (Wildman–Crippen LogP) is 0.454. The third-order valence-corrected chi connectivity index (χ3v) is 5.65. The normalized spacial score (nSPS) is 24.3. The van der Waals surface area contributed by atoms with Crippen molar-refractivity contribution in [1.82, 2.24) is 4.31 Å². The van der Waals surface area contributed by atoms with Gasteiger partial charge in [0.25, 0.3) is 0 Å². The molecule has 1 aliphatic rings. The van der Waals surface area contributed by atoms with E-state index in [9.17, 15) is 18.0 Å². The Kier molecular flexibility index (Phi) is 5.94. The zero-order valence-corrected chi connectivity index (χ0v) is 12.6. The number of ether oxygens (including phenoxy) is 1. The fourth-order valence-electron chi connectivity index (χ4n) is 2.45. The Hall–Kier alpha value is -1.15. The van der Waals surface area contributed by atoms with Gasteiger partial charge in [-0.25, -0.2) is 8.42 Å². The fourth-order valence-corrected chi connectivity index (χ4v) is 4.26. The number of carboxylic acids is 1. The molecule has 2 atom stereocenters. The van der Waals surface area contributed by atoms with Gasteiger partial charge in [-0.15, -0.1) is 0 Å². The summed E-state index contributed by atoms with van der Waals surface area (Å²) < 4.78 is 30.1. The molecule has 0 amide bonds. The Morgan fingerprint density at radius 1 is 1.40 bits per heavy atom. The second-order valence-electron chi connectivity index (χ2n) is 4.93. The second kappa shape index (κ2) is 7.03. The number of carbonyl (C=O) groups excluding carboxylic acids is 1. The van der Waals surface area contributed by atoms with E-state index >= 15 is 0 Å². The number of nitrogens with zero attached hydrogens (tertiary/aromatic N) is 1. The third kappa shape index (κ3) is 4.17. The largest absolute Gasteiger partial charge is 0.481 e. The summed E-state index contributed by atoms with van der Waals surface area (Å²) in [5, 5.41) is 9.09. The molecule has 0 bridgehead atoms. The van der Waals surface area contributed by atoms with E-state index in [4.69, 9.17) is 5.11 Å². The topological polar surface area (TPSA) is 101 Å². The molecule has 1 fully saturated rings. The number of rotatable bonds is 6. The molecule has 0 aromatic carbocycles. The van der Waals surface area contributed by atoms with Crippen molar-refractivity contribution in [2.24, 2.45) is 5.92 Å². The van der Waals surface area contributed by atoms with Gasteiger partial charge in [-0.05, 0) is 26.2 Å². The zero-order chi connectivity index (χ0) is 15.3. The van der Waals surface area contributed by atoms with Crippen LogP contribution in [0.5, 0.6) is 0 Å². The monoisotopic (exact) mass is 307 g/mol. The number of carbonyl (C=O) groups is 2. The average molecular weight is 307 g/mol. The van der Waals surface area contributed by atoms with E-state index in [0.29, 0.717) is 19.4 Å². The lowest BCUT2D eigenvalue weighted by Crippen LogP contribution is -2.49. The number of methoxy groups -OCH3 is 1. The first kappa shape index (κ1) is 16.9. The smallest absolute Gasteiger partial charge is 0.308 e. The molecule has 0 aromatic rings. The summed E-state index contributed by atoms with van der Waals surface area (Å²) in [4.78, 5) is 22.1. The molecule has 20 heavy (non-hydrogen) atoms. The molecule has 0 radical (unpaired) electrons. The molecule has 0 unspecified atom stereocenters. The number of hydrogen-bond donors (Lipinski definition) is 1. The maximum atomic E-state index is 12.2. The highest BCUT2D eigenvalue weighted by molar-refractivity contribution is 7.89. The number of carboxylic acid groups (broad SMARTS) is 1. The maximum absolute atomic E-state index is 12.2. The molecule has 116 valence electrons. The number of aliphatic carboxylic acids is 1. The van der Waals surface area contributed by atoms with Crippen molar-refractivity contribution in [2.45, 2.75) is 38.6 Å². The zero-order valence-electron chi connectivity index (χ0n) is 11.7. The van der Waals surface area contributed by atoms with E-state index in [1.165, 1.54) is 11.4 Å². The van der Waals surface area contributed by atoms with Crippen molar-refractivity contribution in [3.8, 4) is 0 Å². The first-order valence-electron chi connectivity index (χ1n) is 6.58. The van der Waals surface area contributed by atoms with Crippen LogP contribution in [0.3, 0.4) is 0 Å². The Morgan fingerprint density at radius 2 is 2.05 bits per heavy atom. The van der Waals surface area contributed by atoms with E-state index in [0.717, 1.165) is 0 Å². The van der Waals surface area contributed by atoms with Crippen molar-refractivity contribution in [3.05, 3.63) is 0 Å². The van der Waals surface area contributed by atoms with Crippen LogP contribution in [-0.4, -0.2) is 55.2 Å². The maximum Gasteiger partial charge on any atom is 0.308 e. The molecule has 0 saturated carbocycles. The Bertz CT molecular complexity index is 461. The number of sulfonamides is 1. The van der Waals surface area contributed by atoms with Crippen LogP contribution < -0.4 is 0 Å². The van der Waals surface area contributed by atoms with E-state index in [2.05, 4.69) is 4.74 Å². The van der Waals surface area contributed by atoms with E-state index in [1.54, 1.807) is 6.92 Å². The average Bonchev–Trinajstić information content (AvgIpc) is 2.37. The van der Waals surface area contributed by atoms with Crippen molar-refractivity contribution < 1.29 is 27.9 Å². The molecular weight excluding hydrogens is 286 g/mol. The predicted molar refractivity (Wildman–Crippen MR) is 71.6 cm³/mol. The summed E-state index contributed by atoms with van der Waals surface area (Å²) in [6.07, 6.45) is 1.25.